The summed E-state index contributed by atoms with van der Waals surface area (Å²) in [6, 6.07) is 13.6. The van der Waals surface area contributed by atoms with E-state index in [1.165, 1.54) is 0 Å². The number of nitrogens with zero attached hydrogens (tertiary/aromatic N) is 1. The van der Waals surface area contributed by atoms with E-state index in [1.54, 1.807) is 0 Å². The smallest absolute Gasteiger partial charge is 0.255 e. The molecular weight excluding hydrogens is 375 g/mol. The summed E-state index contributed by atoms with van der Waals surface area (Å²) < 4.78 is 1.14. The van der Waals surface area contributed by atoms with E-state index in [2.05, 4.69) is 39.7 Å². The molecule has 0 unspecified atom stereocenters. The molecule has 0 saturated heterocycles. The second-order valence-electron chi connectivity index (χ2n) is 4.93. The standard InChI is InChI=1S/C17H19IN2O/c1-4-20(3)14-10-8-13(9-11-14)17(21)19-16-7-5-6-15(18)12(16)2/h5-11H,4H2,1-3H3,(H,19,21). The van der Waals surface area contributed by atoms with E-state index in [1.807, 2.05) is 56.4 Å². The molecule has 0 fully saturated rings. The van der Waals surface area contributed by atoms with Crippen molar-refractivity contribution < 1.29 is 4.79 Å². The van der Waals surface area contributed by atoms with Gasteiger partial charge in [-0.15, -0.1) is 0 Å². The fourth-order valence-electron chi connectivity index (χ4n) is 1.99. The van der Waals surface area contributed by atoms with Crippen molar-refractivity contribution in [1.82, 2.24) is 0 Å². The van der Waals surface area contributed by atoms with Gasteiger partial charge in [0.15, 0.2) is 0 Å². The lowest BCUT2D eigenvalue weighted by Crippen LogP contribution is -2.16. The average Bonchev–Trinajstić information content (AvgIpc) is 2.51. The third-order valence-corrected chi connectivity index (χ3v) is 4.73. The molecule has 0 heterocycles. The van der Waals surface area contributed by atoms with E-state index in [4.69, 9.17) is 0 Å². The van der Waals surface area contributed by atoms with Gasteiger partial charge < -0.3 is 10.2 Å². The number of halogens is 1. The van der Waals surface area contributed by atoms with Crippen LogP contribution in [0.2, 0.25) is 0 Å². The first-order valence-corrected chi connectivity index (χ1v) is 7.98. The van der Waals surface area contributed by atoms with E-state index in [0.29, 0.717) is 5.56 Å². The predicted octanol–water partition coefficient (Wildman–Crippen LogP) is 4.31. The van der Waals surface area contributed by atoms with Crippen LogP contribution in [0.15, 0.2) is 42.5 Å². The Kier molecular flexibility index (Phi) is 5.22. The number of carbonyl (C=O) groups is 1. The number of anilines is 2. The van der Waals surface area contributed by atoms with Gasteiger partial charge in [-0.3, -0.25) is 4.79 Å². The van der Waals surface area contributed by atoms with Gasteiger partial charge in [-0.1, -0.05) is 6.07 Å². The third-order valence-electron chi connectivity index (χ3n) is 3.56. The van der Waals surface area contributed by atoms with Gasteiger partial charge >= 0.3 is 0 Å². The Morgan fingerprint density at radius 2 is 1.86 bits per heavy atom. The van der Waals surface area contributed by atoms with Crippen LogP contribution >= 0.6 is 22.6 Å². The van der Waals surface area contributed by atoms with E-state index in [9.17, 15) is 4.79 Å². The Labute approximate surface area is 139 Å². The molecule has 2 aromatic carbocycles. The maximum absolute atomic E-state index is 12.3. The quantitative estimate of drug-likeness (QED) is 0.784. The summed E-state index contributed by atoms with van der Waals surface area (Å²) in [4.78, 5) is 14.4. The van der Waals surface area contributed by atoms with Crippen molar-refractivity contribution in [2.75, 3.05) is 23.8 Å². The fourth-order valence-corrected chi connectivity index (χ4v) is 2.49. The summed E-state index contributed by atoms with van der Waals surface area (Å²) in [5.74, 6) is -0.0780. The van der Waals surface area contributed by atoms with Gasteiger partial charge in [0.05, 0.1) is 0 Å². The van der Waals surface area contributed by atoms with Crippen LogP contribution in [0.4, 0.5) is 11.4 Å². The molecule has 0 radical (unpaired) electrons. The Hall–Kier alpha value is -1.56. The molecule has 1 N–H and O–H groups in total. The van der Waals surface area contributed by atoms with Gasteiger partial charge in [-0.05, 0) is 78.4 Å². The minimum Gasteiger partial charge on any atom is -0.375 e. The van der Waals surface area contributed by atoms with E-state index >= 15 is 0 Å². The lowest BCUT2D eigenvalue weighted by atomic mass is 10.1. The minimum absolute atomic E-state index is 0.0780. The van der Waals surface area contributed by atoms with Crippen molar-refractivity contribution in [3.8, 4) is 0 Å². The second kappa shape index (κ2) is 6.93. The number of rotatable bonds is 4. The highest BCUT2D eigenvalue weighted by Gasteiger charge is 2.09. The molecule has 0 aliphatic carbocycles. The summed E-state index contributed by atoms with van der Waals surface area (Å²) in [5, 5.41) is 2.97. The first kappa shape index (κ1) is 15.8. The van der Waals surface area contributed by atoms with Crippen LogP contribution in [0.5, 0.6) is 0 Å². The van der Waals surface area contributed by atoms with Crippen LogP contribution in [0.1, 0.15) is 22.8 Å². The molecule has 0 aliphatic rings. The lowest BCUT2D eigenvalue weighted by molar-refractivity contribution is 0.102. The van der Waals surface area contributed by atoms with Gasteiger partial charge in [-0.25, -0.2) is 0 Å². The molecule has 0 aliphatic heterocycles. The van der Waals surface area contributed by atoms with Crippen molar-refractivity contribution in [3.05, 3.63) is 57.2 Å². The Balaban J connectivity index is 2.15. The van der Waals surface area contributed by atoms with Gasteiger partial charge in [0.1, 0.15) is 0 Å². The Morgan fingerprint density at radius 3 is 2.48 bits per heavy atom. The van der Waals surface area contributed by atoms with Crippen LogP contribution in [0.25, 0.3) is 0 Å². The molecule has 0 aromatic heterocycles. The number of carbonyl (C=O) groups excluding carboxylic acids is 1. The Bertz CT molecular complexity index is 638. The van der Waals surface area contributed by atoms with E-state index in [0.717, 1.165) is 27.1 Å². The van der Waals surface area contributed by atoms with Gasteiger partial charge in [0.2, 0.25) is 0 Å². The maximum Gasteiger partial charge on any atom is 0.255 e. The highest BCUT2D eigenvalue weighted by molar-refractivity contribution is 14.1. The average molecular weight is 394 g/mol. The molecule has 0 bridgehead atoms. The molecule has 3 nitrogen and oxygen atoms in total. The number of amides is 1. The zero-order valence-corrected chi connectivity index (χ0v) is 14.6. The normalized spacial score (nSPS) is 10.3. The summed E-state index contributed by atoms with van der Waals surface area (Å²) >= 11 is 2.27. The monoisotopic (exact) mass is 394 g/mol. The summed E-state index contributed by atoms with van der Waals surface area (Å²) in [6.45, 7) is 5.05. The number of benzene rings is 2. The van der Waals surface area contributed by atoms with Crippen LogP contribution < -0.4 is 10.2 Å². The second-order valence-corrected chi connectivity index (χ2v) is 6.09. The van der Waals surface area contributed by atoms with Crippen LogP contribution in [0, 0.1) is 10.5 Å². The summed E-state index contributed by atoms with van der Waals surface area (Å²) in [6.07, 6.45) is 0. The molecule has 0 spiro atoms. The highest BCUT2D eigenvalue weighted by atomic mass is 127. The summed E-state index contributed by atoms with van der Waals surface area (Å²) in [7, 11) is 2.03. The molecule has 2 rings (SSSR count). The van der Waals surface area contributed by atoms with Crippen molar-refractivity contribution in [2.24, 2.45) is 0 Å². The molecule has 0 atom stereocenters. The van der Waals surface area contributed by atoms with Crippen molar-refractivity contribution in [2.45, 2.75) is 13.8 Å². The number of nitrogens with one attached hydrogen (secondary N) is 1. The molecule has 2 aromatic rings. The number of hydrogen-bond donors (Lipinski definition) is 1. The Morgan fingerprint density at radius 1 is 1.19 bits per heavy atom. The zero-order chi connectivity index (χ0) is 15.4. The minimum atomic E-state index is -0.0780. The van der Waals surface area contributed by atoms with Crippen LogP contribution in [0.3, 0.4) is 0 Å². The lowest BCUT2D eigenvalue weighted by Gasteiger charge is -2.17. The van der Waals surface area contributed by atoms with E-state index < -0.39 is 0 Å². The molecular formula is C17H19IN2O. The summed E-state index contributed by atoms with van der Waals surface area (Å²) in [5.41, 5.74) is 3.73. The highest BCUT2D eigenvalue weighted by Crippen LogP contribution is 2.21. The maximum atomic E-state index is 12.3. The largest absolute Gasteiger partial charge is 0.375 e. The molecule has 4 heteroatoms. The first-order chi connectivity index (χ1) is 10.0. The zero-order valence-electron chi connectivity index (χ0n) is 12.5. The van der Waals surface area contributed by atoms with Crippen LogP contribution in [-0.2, 0) is 0 Å². The first-order valence-electron chi connectivity index (χ1n) is 6.90. The molecule has 0 saturated carbocycles. The van der Waals surface area contributed by atoms with Crippen molar-refractivity contribution in [3.63, 3.8) is 0 Å². The van der Waals surface area contributed by atoms with Gasteiger partial charge in [0.25, 0.3) is 5.91 Å². The number of hydrogen-bond acceptors (Lipinski definition) is 2. The van der Waals surface area contributed by atoms with Crippen molar-refractivity contribution in [1.29, 1.82) is 0 Å². The predicted molar refractivity (Wildman–Crippen MR) is 97.2 cm³/mol. The topological polar surface area (TPSA) is 32.3 Å². The SMILES string of the molecule is CCN(C)c1ccc(C(=O)Nc2cccc(I)c2C)cc1. The van der Waals surface area contributed by atoms with Crippen LogP contribution in [-0.4, -0.2) is 19.5 Å². The van der Waals surface area contributed by atoms with E-state index in [-0.39, 0.29) is 5.91 Å². The molecule has 1 amide bonds. The third kappa shape index (κ3) is 3.75. The van der Waals surface area contributed by atoms with Crippen molar-refractivity contribution >= 4 is 39.9 Å². The molecule has 110 valence electrons. The van der Waals surface area contributed by atoms with Gasteiger partial charge in [-0.2, -0.15) is 0 Å². The molecule has 21 heavy (non-hydrogen) atoms. The fraction of sp³-hybridized carbons (Fsp3) is 0.235. The van der Waals surface area contributed by atoms with Gasteiger partial charge in [0, 0.05) is 34.1 Å².